The second-order valence-corrected chi connectivity index (χ2v) is 4.30. The summed E-state index contributed by atoms with van der Waals surface area (Å²) in [6.07, 6.45) is 1.57. The largest absolute Gasteiger partial charge is 0.494 e. The van der Waals surface area contributed by atoms with Gasteiger partial charge >= 0.3 is 5.97 Å². The third-order valence-electron chi connectivity index (χ3n) is 2.88. The summed E-state index contributed by atoms with van der Waals surface area (Å²) in [6, 6.07) is 7.28. The van der Waals surface area contributed by atoms with Crippen LogP contribution < -0.4 is 9.47 Å². The number of benzene rings is 1. The first kappa shape index (κ1) is 12.7. The highest BCUT2D eigenvalue weighted by molar-refractivity contribution is 5.75. The summed E-state index contributed by atoms with van der Waals surface area (Å²) in [5.74, 6) is 1.46. The van der Waals surface area contributed by atoms with Crippen LogP contribution in [0, 0.1) is 5.92 Å². The first-order chi connectivity index (χ1) is 8.74. The number of carbonyl (C=O) groups is 1. The minimum atomic E-state index is -0.479. The maximum atomic E-state index is 11.6. The molecule has 2 rings (SSSR count). The van der Waals surface area contributed by atoms with Crippen LogP contribution >= 0.6 is 0 Å². The Morgan fingerprint density at radius 3 is 2.39 bits per heavy atom. The Labute approximate surface area is 107 Å². The van der Waals surface area contributed by atoms with Gasteiger partial charge in [0.05, 0.1) is 13.7 Å². The molecule has 0 heterocycles. The van der Waals surface area contributed by atoms with E-state index in [0.717, 1.165) is 18.6 Å². The van der Waals surface area contributed by atoms with E-state index in [-0.39, 0.29) is 5.97 Å². The first-order valence-corrected chi connectivity index (χ1v) is 6.22. The first-order valence-electron chi connectivity index (χ1n) is 6.22. The number of rotatable bonds is 6. The molecule has 1 aliphatic carbocycles. The summed E-state index contributed by atoms with van der Waals surface area (Å²) in [7, 11) is 1.39. The van der Waals surface area contributed by atoms with Crippen molar-refractivity contribution in [2.24, 2.45) is 5.92 Å². The van der Waals surface area contributed by atoms with E-state index < -0.39 is 6.10 Å². The second kappa shape index (κ2) is 5.76. The van der Waals surface area contributed by atoms with E-state index in [2.05, 4.69) is 0 Å². The van der Waals surface area contributed by atoms with E-state index in [1.165, 1.54) is 7.11 Å². The lowest BCUT2D eigenvalue weighted by molar-refractivity contribution is -0.149. The van der Waals surface area contributed by atoms with Gasteiger partial charge in [-0.2, -0.15) is 0 Å². The molecule has 1 fully saturated rings. The second-order valence-electron chi connectivity index (χ2n) is 4.30. The van der Waals surface area contributed by atoms with E-state index in [0.29, 0.717) is 18.3 Å². The van der Waals surface area contributed by atoms with Gasteiger partial charge < -0.3 is 14.2 Å². The maximum Gasteiger partial charge on any atom is 0.347 e. The van der Waals surface area contributed by atoms with Crippen molar-refractivity contribution in [3.8, 4) is 11.5 Å². The summed E-state index contributed by atoms with van der Waals surface area (Å²) >= 11 is 0. The molecule has 18 heavy (non-hydrogen) atoms. The minimum Gasteiger partial charge on any atom is -0.494 e. The van der Waals surface area contributed by atoms with Gasteiger partial charge in [0.2, 0.25) is 0 Å². The van der Waals surface area contributed by atoms with E-state index in [1.54, 1.807) is 0 Å². The van der Waals surface area contributed by atoms with E-state index >= 15 is 0 Å². The van der Waals surface area contributed by atoms with E-state index in [9.17, 15) is 4.79 Å². The van der Waals surface area contributed by atoms with E-state index in [4.69, 9.17) is 14.2 Å². The maximum absolute atomic E-state index is 11.6. The van der Waals surface area contributed by atoms with E-state index in [1.807, 2.05) is 31.2 Å². The van der Waals surface area contributed by atoms with Gasteiger partial charge in [-0.1, -0.05) is 0 Å². The molecule has 4 heteroatoms. The number of hydrogen-bond acceptors (Lipinski definition) is 4. The summed E-state index contributed by atoms with van der Waals surface area (Å²) in [4.78, 5) is 11.6. The van der Waals surface area contributed by atoms with Crippen LogP contribution in [0.25, 0.3) is 0 Å². The predicted molar refractivity (Wildman–Crippen MR) is 66.8 cm³/mol. The molecule has 0 radical (unpaired) electrons. The zero-order chi connectivity index (χ0) is 13.0. The predicted octanol–water partition coefficient (Wildman–Crippen LogP) is 2.42. The number of hydrogen-bond donors (Lipinski definition) is 0. The molecule has 98 valence electrons. The Morgan fingerprint density at radius 1 is 1.28 bits per heavy atom. The molecule has 0 amide bonds. The number of esters is 1. The Bertz CT molecular complexity index is 395. The van der Waals surface area contributed by atoms with Crippen molar-refractivity contribution in [2.75, 3.05) is 13.7 Å². The third kappa shape index (κ3) is 3.15. The summed E-state index contributed by atoms with van der Waals surface area (Å²) < 4.78 is 15.8. The Balaban J connectivity index is 2.00. The zero-order valence-corrected chi connectivity index (χ0v) is 10.7. The molecule has 0 saturated heterocycles. The fraction of sp³-hybridized carbons (Fsp3) is 0.500. The topological polar surface area (TPSA) is 44.8 Å². The minimum absolute atomic E-state index is 0.295. The number of carbonyl (C=O) groups excluding carboxylic acids is 1. The van der Waals surface area contributed by atoms with Gasteiger partial charge in [-0.25, -0.2) is 4.79 Å². The lowest BCUT2D eigenvalue weighted by atomic mass is 10.2. The average Bonchev–Trinajstić information content (AvgIpc) is 3.21. The van der Waals surface area contributed by atoms with Crippen LogP contribution in [0.15, 0.2) is 24.3 Å². The quantitative estimate of drug-likeness (QED) is 0.727. The van der Waals surface area contributed by atoms with Gasteiger partial charge in [0.15, 0.2) is 6.10 Å². The molecule has 1 aromatic carbocycles. The highest BCUT2D eigenvalue weighted by Crippen LogP contribution is 2.35. The molecule has 1 unspecified atom stereocenters. The Hall–Kier alpha value is -1.71. The van der Waals surface area contributed by atoms with Crippen LogP contribution in [0.5, 0.6) is 11.5 Å². The highest BCUT2D eigenvalue weighted by Gasteiger charge is 2.38. The lowest BCUT2D eigenvalue weighted by Crippen LogP contribution is -2.30. The molecule has 0 aromatic heterocycles. The number of ether oxygens (including phenoxy) is 3. The van der Waals surface area contributed by atoms with Crippen LogP contribution in [0.4, 0.5) is 0 Å². The fourth-order valence-corrected chi connectivity index (χ4v) is 1.78. The fourth-order valence-electron chi connectivity index (χ4n) is 1.78. The van der Waals surface area contributed by atoms with Crippen LogP contribution in [-0.4, -0.2) is 25.8 Å². The lowest BCUT2D eigenvalue weighted by Gasteiger charge is -2.16. The van der Waals surface area contributed by atoms with Gasteiger partial charge in [0.1, 0.15) is 11.5 Å². The molecule has 1 aromatic rings. The van der Waals surface area contributed by atoms with Crippen molar-refractivity contribution in [1.82, 2.24) is 0 Å². The van der Waals surface area contributed by atoms with Crippen molar-refractivity contribution < 1.29 is 19.0 Å². The molecule has 1 aliphatic rings. The Kier molecular flexibility index (Phi) is 4.07. The molecular weight excluding hydrogens is 232 g/mol. The van der Waals surface area contributed by atoms with Gasteiger partial charge in [0.25, 0.3) is 0 Å². The average molecular weight is 250 g/mol. The van der Waals surface area contributed by atoms with Gasteiger partial charge in [-0.05, 0) is 44.0 Å². The van der Waals surface area contributed by atoms with Crippen molar-refractivity contribution in [1.29, 1.82) is 0 Å². The highest BCUT2D eigenvalue weighted by atomic mass is 16.6. The van der Waals surface area contributed by atoms with Crippen LogP contribution in [0.3, 0.4) is 0 Å². The monoisotopic (exact) mass is 250 g/mol. The molecule has 1 saturated carbocycles. The molecular formula is C14H18O4. The van der Waals surface area contributed by atoms with Crippen LogP contribution in [0.2, 0.25) is 0 Å². The molecule has 0 bridgehead atoms. The summed E-state index contributed by atoms with van der Waals surface area (Å²) in [5.41, 5.74) is 0. The normalized spacial score (nSPS) is 15.9. The van der Waals surface area contributed by atoms with Crippen LogP contribution in [-0.2, 0) is 9.53 Å². The SMILES string of the molecule is CCOc1ccc(OC(C(=O)OC)C2CC2)cc1. The standard InChI is InChI=1S/C14H18O4/c1-3-17-11-6-8-12(9-7-11)18-13(10-4-5-10)14(15)16-2/h6-10,13H,3-5H2,1-2H3. The number of methoxy groups -OCH3 is 1. The van der Waals surface area contributed by atoms with Gasteiger partial charge in [0, 0.05) is 5.92 Å². The molecule has 0 aliphatic heterocycles. The van der Waals surface area contributed by atoms with Crippen molar-refractivity contribution in [3.63, 3.8) is 0 Å². The molecule has 4 nitrogen and oxygen atoms in total. The summed E-state index contributed by atoms with van der Waals surface area (Å²) in [6.45, 7) is 2.57. The van der Waals surface area contributed by atoms with Crippen LogP contribution in [0.1, 0.15) is 19.8 Å². The van der Waals surface area contributed by atoms with Crippen molar-refractivity contribution in [2.45, 2.75) is 25.9 Å². The third-order valence-corrected chi connectivity index (χ3v) is 2.88. The van der Waals surface area contributed by atoms with Gasteiger partial charge in [-0.15, -0.1) is 0 Å². The smallest absolute Gasteiger partial charge is 0.347 e. The van der Waals surface area contributed by atoms with Gasteiger partial charge in [-0.3, -0.25) is 0 Å². The van der Waals surface area contributed by atoms with Crippen molar-refractivity contribution >= 4 is 5.97 Å². The Morgan fingerprint density at radius 2 is 1.89 bits per heavy atom. The van der Waals surface area contributed by atoms with Crippen molar-refractivity contribution in [3.05, 3.63) is 24.3 Å². The molecule has 0 N–H and O–H groups in total. The molecule has 1 atom stereocenters. The summed E-state index contributed by atoms with van der Waals surface area (Å²) in [5, 5.41) is 0. The molecule has 0 spiro atoms. The zero-order valence-electron chi connectivity index (χ0n) is 10.7.